The third kappa shape index (κ3) is 3.88. The van der Waals surface area contributed by atoms with Gasteiger partial charge in [-0.1, -0.05) is 0 Å². The zero-order valence-corrected chi connectivity index (χ0v) is 15.4. The Labute approximate surface area is 167 Å². The number of aryl methyl sites for hydroxylation is 1. The van der Waals surface area contributed by atoms with Crippen LogP contribution in [0.3, 0.4) is 0 Å². The van der Waals surface area contributed by atoms with Crippen LogP contribution >= 0.6 is 0 Å². The SMILES string of the molecule is O=c1c(CCc2ccncc2)c(-c2ccc(F)cc2)[nH]n1-c1cc(C(F)(F)F)[nH]n1. The molecule has 154 valence electrons. The van der Waals surface area contributed by atoms with Crippen molar-refractivity contribution in [1.82, 2.24) is 25.0 Å². The van der Waals surface area contributed by atoms with Crippen molar-refractivity contribution in [3.05, 3.63) is 87.9 Å². The number of pyridine rings is 1. The summed E-state index contributed by atoms with van der Waals surface area (Å²) in [7, 11) is 0. The van der Waals surface area contributed by atoms with Gasteiger partial charge < -0.3 is 0 Å². The lowest BCUT2D eigenvalue weighted by Crippen LogP contribution is -2.18. The van der Waals surface area contributed by atoms with Gasteiger partial charge in [-0.05, 0) is 54.8 Å². The number of aromatic nitrogens is 5. The molecular weight excluding hydrogens is 402 g/mol. The maximum atomic E-state index is 13.3. The van der Waals surface area contributed by atoms with Gasteiger partial charge in [0.2, 0.25) is 0 Å². The largest absolute Gasteiger partial charge is 0.432 e. The second-order valence-corrected chi connectivity index (χ2v) is 6.61. The van der Waals surface area contributed by atoms with Crippen LogP contribution in [-0.4, -0.2) is 25.0 Å². The number of alkyl halides is 3. The fraction of sp³-hybridized carbons (Fsp3) is 0.150. The fourth-order valence-corrected chi connectivity index (χ4v) is 3.11. The maximum absolute atomic E-state index is 13.3. The van der Waals surface area contributed by atoms with Crippen LogP contribution in [0.2, 0.25) is 0 Å². The van der Waals surface area contributed by atoms with Gasteiger partial charge in [0, 0.05) is 29.6 Å². The highest BCUT2D eigenvalue weighted by atomic mass is 19.4. The number of hydrogen-bond acceptors (Lipinski definition) is 3. The quantitative estimate of drug-likeness (QED) is 0.484. The van der Waals surface area contributed by atoms with Gasteiger partial charge in [-0.25, -0.2) is 4.39 Å². The van der Waals surface area contributed by atoms with Crippen LogP contribution in [0.15, 0.2) is 59.7 Å². The van der Waals surface area contributed by atoms with E-state index in [1.165, 1.54) is 24.3 Å². The minimum atomic E-state index is -4.62. The highest BCUT2D eigenvalue weighted by Crippen LogP contribution is 2.29. The summed E-state index contributed by atoms with van der Waals surface area (Å²) in [6.07, 6.45) is -0.527. The molecule has 0 spiro atoms. The summed E-state index contributed by atoms with van der Waals surface area (Å²) in [5.41, 5.74) is 0.634. The van der Waals surface area contributed by atoms with E-state index in [0.29, 0.717) is 29.7 Å². The van der Waals surface area contributed by atoms with Crippen molar-refractivity contribution >= 4 is 0 Å². The summed E-state index contributed by atoms with van der Waals surface area (Å²) in [5, 5.41) is 8.33. The predicted molar refractivity (Wildman–Crippen MR) is 101 cm³/mol. The van der Waals surface area contributed by atoms with Crippen molar-refractivity contribution in [3.8, 4) is 17.1 Å². The highest BCUT2D eigenvalue weighted by Gasteiger charge is 2.33. The van der Waals surface area contributed by atoms with Crippen molar-refractivity contribution in [3.63, 3.8) is 0 Å². The monoisotopic (exact) mass is 417 g/mol. The van der Waals surface area contributed by atoms with E-state index in [1.807, 2.05) is 17.2 Å². The first kappa shape index (κ1) is 19.6. The molecule has 10 heteroatoms. The molecule has 0 aliphatic rings. The van der Waals surface area contributed by atoms with E-state index in [1.54, 1.807) is 12.4 Å². The van der Waals surface area contributed by atoms with E-state index in [4.69, 9.17) is 0 Å². The topological polar surface area (TPSA) is 79.4 Å². The first-order valence-corrected chi connectivity index (χ1v) is 8.94. The Balaban J connectivity index is 1.77. The van der Waals surface area contributed by atoms with Gasteiger partial charge in [0.05, 0.1) is 5.69 Å². The number of benzene rings is 1. The van der Waals surface area contributed by atoms with Crippen LogP contribution < -0.4 is 5.56 Å². The molecule has 0 saturated heterocycles. The minimum absolute atomic E-state index is 0.217. The second-order valence-electron chi connectivity index (χ2n) is 6.61. The number of aromatic amines is 2. The van der Waals surface area contributed by atoms with E-state index in [2.05, 4.69) is 15.2 Å². The minimum Gasteiger partial charge on any atom is -0.289 e. The Hall–Kier alpha value is -3.69. The van der Waals surface area contributed by atoms with Crippen molar-refractivity contribution in [2.45, 2.75) is 19.0 Å². The summed E-state index contributed by atoms with van der Waals surface area (Å²) < 4.78 is 53.0. The molecule has 0 aliphatic carbocycles. The zero-order valence-electron chi connectivity index (χ0n) is 15.4. The summed E-state index contributed by atoms with van der Waals surface area (Å²) >= 11 is 0. The summed E-state index contributed by atoms with van der Waals surface area (Å²) in [6.45, 7) is 0. The molecule has 0 fully saturated rings. The van der Waals surface area contributed by atoms with E-state index >= 15 is 0 Å². The standard InChI is InChI=1S/C20H15F4N5O/c21-14-4-2-13(3-5-14)18-15(6-1-12-7-9-25-10-8-12)19(30)29(28-18)17-11-16(26-27-17)20(22,23)24/h2-5,7-11,28H,1,6H2,(H,26,27). The molecule has 0 atom stereocenters. The first-order valence-electron chi connectivity index (χ1n) is 8.94. The molecule has 30 heavy (non-hydrogen) atoms. The molecule has 0 unspecified atom stereocenters. The first-order chi connectivity index (χ1) is 14.3. The van der Waals surface area contributed by atoms with E-state index < -0.39 is 23.2 Å². The summed E-state index contributed by atoms with van der Waals surface area (Å²) in [5.74, 6) is -0.660. The number of rotatable bonds is 5. The van der Waals surface area contributed by atoms with Crippen LogP contribution in [0, 0.1) is 5.82 Å². The van der Waals surface area contributed by atoms with E-state index in [-0.39, 0.29) is 5.82 Å². The Morgan fingerprint density at radius 1 is 1.00 bits per heavy atom. The van der Waals surface area contributed by atoms with Gasteiger partial charge in [-0.15, -0.1) is 0 Å². The second kappa shape index (κ2) is 7.62. The molecule has 0 radical (unpaired) electrons. The number of halogens is 4. The molecule has 4 aromatic rings. The van der Waals surface area contributed by atoms with Crippen molar-refractivity contribution in [2.75, 3.05) is 0 Å². The number of hydrogen-bond donors (Lipinski definition) is 2. The van der Waals surface area contributed by atoms with Crippen LogP contribution in [0.1, 0.15) is 16.8 Å². The Morgan fingerprint density at radius 2 is 1.70 bits per heavy atom. The van der Waals surface area contributed by atoms with E-state index in [0.717, 1.165) is 16.3 Å². The molecule has 3 aromatic heterocycles. The molecule has 0 aliphatic heterocycles. The Morgan fingerprint density at radius 3 is 2.33 bits per heavy atom. The molecule has 6 nitrogen and oxygen atoms in total. The smallest absolute Gasteiger partial charge is 0.289 e. The average molecular weight is 417 g/mol. The van der Waals surface area contributed by atoms with Gasteiger partial charge in [-0.2, -0.15) is 23.0 Å². The van der Waals surface area contributed by atoms with Crippen LogP contribution in [-0.2, 0) is 19.0 Å². The lowest BCUT2D eigenvalue weighted by atomic mass is 10.0. The zero-order chi connectivity index (χ0) is 21.3. The third-order valence-electron chi connectivity index (χ3n) is 4.63. The lowest BCUT2D eigenvalue weighted by molar-refractivity contribution is -0.141. The van der Waals surface area contributed by atoms with Crippen molar-refractivity contribution in [2.24, 2.45) is 0 Å². The predicted octanol–water partition coefficient (Wildman–Crippen LogP) is 3.89. The van der Waals surface area contributed by atoms with Crippen molar-refractivity contribution in [1.29, 1.82) is 0 Å². The summed E-state index contributed by atoms with van der Waals surface area (Å²) in [6, 6.07) is 9.85. The van der Waals surface area contributed by atoms with Crippen molar-refractivity contribution < 1.29 is 17.6 Å². The number of H-pyrrole nitrogens is 2. The molecule has 0 saturated carbocycles. The third-order valence-corrected chi connectivity index (χ3v) is 4.63. The molecule has 3 heterocycles. The van der Waals surface area contributed by atoms with Crippen LogP contribution in [0.25, 0.3) is 17.1 Å². The fourth-order valence-electron chi connectivity index (χ4n) is 3.11. The lowest BCUT2D eigenvalue weighted by Gasteiger charge is -2.03. The van der Waals surface area contributed by atoms with Crippen LogP contribution in [0.5, 0.6) is 0 Å². The van der Waals surface area contributed by atoms with E-state index in [9.17, 15) is 22.4 Å². The van der Waals surface area contributed by atoms with Gasteiger partial charge in [0.15, 0.2) is 5.82 Å². The molecule has 0 amide bonds. The maximum Gasteiger partial charge on any atom is 0.432 e. The number of nitrogens with zero attached hydrogens (tertiary/aromatic N) is 3. The van der Waals surface area contributed by atoms with Gasteiger partial charge in [-0.3, -0.25) is 20.0 Å². The highest BCUT2D eigenvalue weighted by molar-refractivity contribution is 5.63. The molecule has 2 N–H and O–H groups in total. The van der Waals surface area contributed by atoms with Gasteiger partial charge in [0.1, 0.15) is 11.5 Å². The van der Waals surface area contributed by atoms with Crippen LogP contribution in [0.4, 0.5) is 17.6 Å². The normalized spacial score (nSPS) is 11.7. The molecule has 0 bridgehead atoms. The average Bonchev–Trinajstić information content (AvgIpc) is 3.33. The Kier molecular flexibility index (Phi) is 4.98. The molecular formula is C20H15F4N5O. The molecule has 4 rings (SSSR count). The molecule has 1 aromatic carbocycles. The Bertz CT molecular complexity index is 1210. The van der Waals surface area contributed by atoms with Gasteiger partial charge in [0.25, 0.3) is 5.56 Å². The summed E-state index contributed by atoms with van der Waals surface area (Å²) in [4.78, 5) is 17.0. The van der Waals surface area contributed by atoms with Gasteiger partial charge >= 0.3 is 6.18 Å². The number of nitrogens with one attached hydrogen (secondary N) is 2.